The average Bonchev–Trinajstić information content (AvgIpc) is 3.23. The maximum atomic E-state index is 13.1. The highest BCUT2D eigenvalue weighted by Crippen LogP contribution is 2.40. The number of fused-ring (bicyclic) bond motifs is 1. The van der Waals surface area contributed by atoms with Crippen LogP contribution >= 0.6 is 11.3 Å². The molecule has 0 bridgehead atoms. The van der Waals surface area contributed by atoms with E-state index >= 15 is 0 Å². The van der Waals surface area contributed by atoms with Crippen LogP contribution in [0.1, 0.15) is 0 Å². The first-order valence-corrected chi connectivity index (χ1v) is 12.3. The third-order valence-corrected chi connectivity index (χ3v) is 7.98. The normalized spacial score (nSPS) is 14.6. The molecule has 1 aliphatic heterocycles. The topological polar surface area (TPSA) is 89.0 Å². The summed E-state index contributed by atoms with van der Waals surface area (Å²) in [4.78, 5) is 20.8. The molecule has 0 saturated carbocycles. The van der Waals surface area contributed by atoms with Gasteiger partial charge in [0.2, 0.25) is 5.91 Å². The van der Waals surface area contributed by atoms with Crippen molar-refractivity contribution in [3.8, 4) is 11.5 Å². The molecule has 1 amide bonds. The van der Waals surface area contributed by atoms with Crippen molar-refractivity contribution in [3.63, 3.8) is 0 Å². The zero-order valence-corrected chi connectivity index (χ0v) is 19.2. The molecule has 32 heavy (non-hydrogen) atoms. The standard InChI is InChI=1S/C21H22FN3O5S2/c1-29-16-7-8-17-19(20(16)30-2)23-21(31-17)25-11-9-24(10-12-25)18(26)13-32(27,28)15-5-3-14(22)4-6-15/h3-8H,9-13H2,1-2H3. The first kappa shape index (κ1) is 22.3. The largest absolute Gasteiger partial charge is 0.493 e. The monoisotopic (exact) mass is 479 g/mol. The highest BCUT2D eigenvalue weighted by atomic mass is 32.2. The lowest BCUT2D eigenvalue weighted by molar-refractivity contribution is -0.128. The molecule has 8 nitrogen and oxygen atoms in total. The minimum absolute atomic E-state index is 0.0651. The second-order valence-corrected chi connectivity index (χ2v) is 10.2. The number of ether oxygens (including phenoxy) is 2. The SMILES string of the molecule is COc1ccc2sc(N3CCN(C(=O)CS(=O)(=O)c4ccc(F)cc4)CC3)nc2c1OC. The second-order valence-electron chi connectivity index (χ2n) is 7.23. The van der Waals surface area contributed by atoms with E-state index in [0.29, 0.717) is 37.7 Å². The van der Waals surface area contributed by atoms with E-state index in [2.05, 4.69) is 4.90 Å². The van der Waals surface area contributed by atoms with E-state index in [1.54, 1.807) is 14.2 Å². The molecular formula is C21H22FN3O5S2. The van der Waals surface area contributed by atoms with Crippen LogP contribution in [0.15, 0.2) is 41.3 Å². The Morgan fingerprint density at radius 2 is 1.75 bits per heavy atom. The summed E-state index contributed by atoms with van der Waals surface area (Å²) in [6.07, 6.45) is 0. The smallest absolute Gasteiger partial charge is 0.238 e. The quantitative estimate of drug-likeness (QED) is 0.502. The zero-order chi connectivity index (χ0) is 22.9. The third-order valence-electron chi connectivity index (χ3n) is 5.28. The maximum absolute atomic E-state index is 13.1. The molecule has 0 spiro atoms. The van der Waals surface area contributed by atoms with Crippen LogP contribution < -0.4 is 14.4 Å². The van der Waals surface area contributed by atoms with Crippen LogP contribution in [0, 0.1) is 5.82 Å². The van der Waals surface area contributed by atoms with Gasteiger partial charge in [-0.15, -0.1) is 0 Å². The van der Waals surface area contributed by atoms with E-state index in [1.807, 2.05) is 12.1 Å². The Morgan fingerprint density at radius 3 is 2.38 bits per heavy atom. The molecular weight excluding hydrogens is 457 g/mol. The van der Waals surface area contributed by atoms with Crippen LogP contribution in [0.5, 0.6) is 11.5 Å². The molecule has 2 aromatic carbocycles. The summed E-state index contributed by atoms with van der Waals surface area (Å²) in [6, 6.07) is 8.25. The lowest BCUT2D eigenvalue weighted by atomic mass is 10.3. The molecule has 0 unspecified atom stereocenters. The number of benzene rings is 2. The number of nitrogens with zero attached hydrogens (tertiary/aromatic N) is 3. The molecule has 1 aliphatic rings. The summed E-state index contributed by atoms with van der Waals surface area (Å²) in [5.41, 5.74) is 0.718. The van der Waals surface area contributed by atoms with Crippen molar-refractivity contribution >= 4 is 42.4 Å². The lowest BCUT2D eigenvalue weighted by Gasteiger charge is -2.34. The van der Waals surface area contributed by atoms with Gasteiger partial charge in [-0.2, -0.15) is 0 Å². The highest BCUT2D eigenvalue weighted by Gasteiger charge is 2.28. The molecule has 0 N–H and O–H groups in total. The number of hydrogen-bond donors (Lipinski definition) is 0. The summed E-state index contributed by atoms with van der Waals surface area (Å²) >= 11 is 1.52. The van der Waals surface area contributed by atoms with Gasteiger partial charge in [0, 0.05) is 26.2 Å². The molecule has 4 rings (SSSR count). The van der Waals surface area contributed by atoms with Gasteiger partial charge in [-0.25, -0.2) is 17.8 Å². The summed E-state index contributed by atoms with van der Waals surface area (Å²) in [7, 11) is -0.687. The molecule has 1 saturated heterocycles. The average molecular weight is 480 g/mol. The minimum atomic E-state index is -3.83. The van der Waals surface area contributed by atoms with Crippen molar-refractivity contribution in [2.24, 2.45) is 0 Å². The van der Waals surface area contributed by atoms with E-state index in [0.717, 1.165) is 27.5 Å². The van der Waals surface area contributed by atoms with Crippen LogP contribution in [0.2, 0.25) is 0 Å². The second kappa shape index (κ2) is 8.91. The van der Waals surface area contributed by atoms with E-state index in [-0.39, 0.29) is 4.90 Å². The first-order valence-electron chi connectivity index (χ1n) is 9.85. The molecule has 170 valence electrons. The number of amides is 1. The molecule has 1 aromatic heterocycles. The molecule has 3 aromatic rings. The molecule has 0 aliphatic carbocycles. The summed E-state index contributed by atoms with van der Waals surface area (Å²) in [6.45, 7) is 1.82. The molecule has 0 atom stereocenters. The molecule has 0 radical (unpaired) electrons. The van der Waals surface area contributed by atoms with Crippen LogP contribution in [0.3, 0.4) is 0 Å². The number of anilines is 1. The lowest BCUT2D eigenvalue weighted by Crippen LogP contribution is -2.50. The van der Waals surface area contributed by atoms with Crippen molar-refractivity contribution in [3.05, 3.63) is 42.2 Å². The summed E-state index contributed by atoms with van der Waals surface area (Å²) in [5, 5.41) is 0.803. The van der Waals surface area contributed by atoms with Gasteiger partial charge >= 0.3 is 0 Å². The Morgan fingerprint density at radius 1 is 1.06 bits per heavy atom. The van der Waals surface area contributed by atoms with Crippen molar-refractivity contribution < 1.29 is 27.1 Å². The van der Waals surface area contributed by atoms with Crippen molar-refractivity contribution in [1.29, 1.82) is 0 Å². The predicted molar refractivity (Wildman–Crippen MR) is 120 cm³/mol. The molecule has 2 heterocycles. The number of hydrogen-bond acceptors (Lipinski definition) is 8. The highest BCUT2D eigenvalue weighted by molar-refractivity contribution is 7.92. The Bertz CT molecular complexity index is 1240. The third kappa shape index (κ3) is 4.35. The van der Waals surface area contributed by atoms with Crippen LogP contribution in [-0.4, -0.2) is 70.4 Å². The van der Waals surface area contributed by atoms with Crippen LogP contribution in [0.4, 0.5) is 9.52 Å². The van der Waals surface area contributed by atoms with Gasteiger partial charge in [0.05, 0.1) is 23.8 Å². The number of halogens is 1. The van der Waals surface area contributed by atoms with Gasteiger partial charge in [-0.05, 0) is 36.4 Å². The van der Waals surface area contributed by atoms with Gasteiger partial charge in [-0.3, -0.25) is 4.79 Å². The van der Waals surface area contributed by atoms with Crippen LogP contribution in [-0.2, 0) is 14.6 Å². The number of piperazine rings is 1. The van der Waals surface area contributed by atoms with Gasteiger partial charge in [0.25, 0.3) is 0 Å². The van der Waals surface area contributed by atoms with Crippen LogP contribution in [0.25, 0.3) is 10.2 Å². The van der Waals surface area contributed by atoms with E-state index in [1.165, 1.54) is 28.4 Å². The number of rotatable bonds is 6. The minimum Gasteiger partial charge on any atom is -0.493 e. The number of sulfone groups is 1. The maximum Gasteiger partial charge on any atom is 0.238 e. The zero-order valence-electron chi connectivity index (χ0n) is 17.6. The molecule has 1 fully saturated rings. The number of carbonyl (C=O) groups is 1. The number of methoxy groups -OCH3 is 2. The number of carbonyl (C=O) groups excluding carboxylic acids is 1. The van der Waals surface area contributed by atoms with E-state index in [4.69, 9.17) is 14.5 Å². The molecule has 11 heteroatoms. The first-order chi connectivity index (χ1) is 15.3. The van der Waals surface area contributed by atoms with Gasteiger partial charge in [0.15, 0.2) is 26.5 Å². The Hall–Kier alpha value is -2.92. The van der Waals surface area contributed by atoms with Gasteiger partial charge in [0.1, 0.15) is 17.1 Å². The van der Waals surface area contributed by atoms with E-state index < -0.39 is 27.3 Å². The Labute approximate surface area is 189 Å². The van der Waals surface area contributed by atoms with Crippen molar-refractivity contribution in [2.45, 2.75) is 4.90 Å². The summed E-state index contributed by atoms with van der Waals surface area (Å²) in [5.74, 6) is -0.458. The fourth-order valence-electron chi connectivity index (χ4n) is 3.56. The summed E-state index contributed by atoms with van der Waals surface area (Å²) < 4.78 is 49.8. The fourth-order valence-corrected chi connectivity index (χ4v) is 5.80. The number of aromatic nitrogens is 1. The van der Waals surface area contributed by atoms with Crippen molar-refractivity contribution in [2.75, 3.05) is 51.1 Å². The fraction of sp³-hybridized carbons (Fsp3) is 0.333. The Kier molecular flexibility index (Phi) is 6.20. The van der Waals surface area contributed by atoms with Gasteiger partial charge < -0.3 is 19.3 Å². The Balaban J connectivity index is 1.43. The van der Waals surface area contributed by atoms with Crippen molar-refractivity contribution in [1.82, 2.24) is 9.88 Å². The predicted octanol–water partition coefficient (Wildman–Crippen LogP) is 2.58. The van der Waals surface area contributed by atoms with E-state index in [9.17, 15) is 17.6 Å². The number of thiazole rings is 1. The van der Waals surface area contributed by atoms with Gasteiger partial charge in [-0.1, -0.05) is 11.3 Å².